The quantitative estimate of drug-likeness (QED) is 0.854. The maximum absolute atomic E-state index is 11.5. The van der Waals surface area contributed by atoms with E-state index in [1.54, 1.807) is 0 Å². The summed E-state index contributed by atoms with van der Waals surface area (Å²) in [5.74, 6) is -1.40. The summed E-state index contributed by atoms with van der Waals surface area (Å²) in [5, 5.41) is 9.76. The van der Waals surface area contributed by atoms with Gasteiger partial charge in [0.1, 0.15) is 4.88 Å². The number of thiazole rings is 1. The van der Waals surface area contributed by atoms with Gasteiger partial charge in [0.15, 0.2) is 16.6 Å². The van der Waals surface area contributed by atoms with Gasteiger partial charge >= 0.3 is 5.97 Å². The Hall–Kier alpha value is -1.47. The van der Waals surface area contributed by atoms with E-state index in [9.17, 15) is 9.59 Å². The number of Topliss-reactive ketones (excluding diaryl/α,β-unsaturated/α-hetero) is 1. The molecule has 0 atom stereocenters. The maximum atomic E-state index is 11.5. The molecule has 0 spiro atoms. The molecule has 0 aromatic carbocycles. The Labute approximate surface area is 122 Å². The number of carboxylic acid groups (broad SMARTS) is 1. The predicted molar refractivity (Wildman–Crippen MR) is 78.0 cm³/mol. The van der Waals surface area contributed by atoms with Crippen LogP contribution in [0.2, 0.25) is 0 Å². The summed E-state index contributed by atoms with van der Waals surface area (Å²) in [6.07, 6.45) is 0. The Bertz CT molecular complexity index is 522. The molecule has 1 aromatic rings. The smallest absolute Gasteiger partial charge is 0.356 e. The average molecular weight is 297 g/mol. The van der Waals surface area contributed by atoms with Crippen LogP contribution in [0.1, 0.15) is 40.9 Å². The van der Waals surface area contributed by atoms with Gasteiger partial charge in [-0.1, -0.05) is 11.3 Å². The largest absolute Gasteiger partial charge is 0.476 e. The predicted octanol–water partition coefficient (Wildman–Crippen LogP) is 1.57. The molecule has 1 aromatic heterocycles. The molecule has 0 radical (unpaired) electrons. The first kappa shape index (κ1) is 14.9. The van der Waals surface area contributed by atoms with Crippen LogP contribution in [0.4, 0.5) is 5.13 Å². The molecule has 2 rings (SSSR count). The molecule has 1 N–H and O–H groups in total. The highest BCUT2D eigenvalue weighted by Crippen LogP contribution is 2.30. The van der Waals surface area contributed by atoms with Gasteiger partial charge in [-0.15, -0.1) is 0 Å². The summed E-state index contributed by atoms with van der Waals surface area (Å²) in [6.45, 7) is 8.06. The van der Waals surface area contributed by atoms with E-state index in [1.807, 2.05) is 0 Å². The molecule has 1 aliphatic rings. The average Bonchev–Trinajstić information content (AvgIpc) is 2.77. The summed E-state index contributed by atoms with van der Waals surface area (Å²) in [4.78, 5) is 31.4. The molecular formula is C13H19N3O3S. The van der Waals surface area contributed by atoms with Crippen LogP contribution in [0.15, 0.2) is 0 Å². The molecule has 1 saturated heterocycles. The van der Waals surface area contributed by atoms with Gasteiger partial charge in [0, 0.05) is 32.1 Å². The minimum atomic E-state index is -1.15. The molecule has 6 nitrogen and oxygen atoms in total. The number of aromatic carboxylic acids is 1. The van der Waals surface area contributed by atoms with Gasteiger partial charge in [-0.3, -0.25) is 9.69 Å². The van der Waals surface area contributed by atoms with E-state index in [0.29, 0.717) is 5.13 Å². The van der Waals surface area contributed by atoms with Crippen molar-refractivity contribution in [1.82, 2.24) is 9.88 Å². The fourth-order valence-electron chi connectivity index (χ4n) is 2.23. The number of piperazine rings is 1. The molecule has 1 aliphatic heterocycles. The number of ketones is 1. The highest BCUT2D eigenvalue weighted by molar-refractivity contribution is 7.17. The number of carboxylic acids is 1. The number of likely N-dealkylation sites (N-methyl/N-ethyl adjacent to an activating group) is 1. The Morgan fingerprint density at radius 1 is 1.35 bits per heavy atom. The van der Waals surface area contributed by atoms with Gasteiger partial charge in [-0.2, -0.15) is 0 Å². The zero-order valence-electron chi connectivity index (χ0n) is 12.1. The molecule has 1 fully saturated rings. The third-order valence-electron chi connectivity index (χ3n) is 3.73. The normalized spacial score (nSPS) is 19.1. The monoisotopic (exact) mass is 297 g/mol. The zero-order valence-corrected chi connectivity index (χ0v) is 13.0. The minimum Gasteiger partial charge on any atom is -0.476 e. The van der Waals surface area contributed by atoms with Gasteiger partial charge in [0.05, 0.1) is 0 Å². The number of anilines is 1. The van der Waals surface area contributed by atoms with E-state index in [-0.39, 0.29) is 21.9 Å². The van der Waals surface area contributed by atoms with E-state index in [1.165, 1.54) is 18.3 Å². The van der Waals surface area contributed by atoms with Crippen LogP contribution >= 0.6 is 11.3 Å². The fraction of sp³-hybridized carbons (Fsp3) is 0.615. The number of nitrogens with zero attached hydrogens (tertiary/aromatic N) is 3. The van der Waals surface area contributed by atoms with Crippen LogP contribution in [0.5, 0.6) is 0 Å². The van der Waals surface area contributed by atoms with Crippen molar-refractivity contribution in [3.8, 4) is 0 Å². The van der Waals surface area contributed by atoms with Crippen molar-refractivity contribution >= 4 is 28.2 Å². The van der Waals surface area contributed by atoms with E-state index in [2.05, 4.69) is 35.7 Å². The molecule has 2 heterocycles. The Morgan fingerprint density at radius 2 is 2.00 bits per heavy atom. The molecule has 0 amide bonds. The first-order valence-corrected chi connectivity index (χ1v) is 7.25. The van der Waals surface area contributed by atoms with Crippen LogP contribution in [-0.4, -0.2) is 59.0 Å². The third-order valence-corrected chi connectivity index (χ3v) is 4.94. The molecule has 0 unspecified atom stereocenters. The zero-order chi connectivity index (χ0) is 15.1. The van der Waals surface area contributed by atoms with Crippen LogP contribution in [-0.2, 0) is 0 Å². The molecule has 110 valence electrons. The lowest BCUT2D eigenvalue weighted by Gasteiger charge is -2.45. The highest BCUT2D eigenvalue weighted by Gasteiger charge is 2.33. The van der Waals surface area contributed by atoms with Crippen LogP contribution in [0.3, 0.4) is 0 Å². The van der Waals surface area contributed by atoms with Crippen molar-refractivity contribution in [3.05, 3.63) is 10.6 Å². The Balaban J connectivity index is 2.32. The highest BCUT2D eigenvalue weighted by atomic mass is 32.1. The van der Waals surface area contributed by atoms with Gasteiger partial charge in [0.2, 0.25) is 0 Å². The first-order chi connectivity index (χ1) is 9.22. The summed E-state index contributed by atoms with van der Waals surface area (Å²) >= 11 is 1.17. The van der Waals surface area contributed by atoms with Crippen LogP contribution < -0.4 is 4.90 Å². The molecule has 0 saturated carbocycles. The summed E-state index contributed by atoms with van der Waals surface area (Å²) in [5.41, 5.74) is -0.141. The molecule has 7 heteroatoms. The first-order valence-electron chi connectivity index (χ1n) is 6.43. The van der Waals surface area contributed by atoms with E-state index < -0.39 is 5.97 Å². The number of carbonyl (C=O) groups excluding carboxylic acids is 1. The van der Waals surface area contributed by atoms with Gasteiger partial charge < -0.3 is 10.0 Å². The third kappa shape index (κ3) is 2.69. The van der Waals surface area contributed by atoms with Gasteiger partial charge in [-0.25, -0.2) is 9.78 Å². The summed E-state index contributed by atoms with van der Waals surface area (Å²) in [7, 11) is 2.07. The molecule has 20 heavy (non-hydrogen) atoms. The van der Waals surface area contributed by atoms with Crippen molar-refractivity contribution < 1.29 is 14.7 Å². The number of aromatic nitrogens is 1. The minimum absolute atomic E-state index is 0.0102. The lowest BCUT2D eigenvalue weighted by molar-refractivity contribution is 0.0687. The Kier molecular flexibility index (Phi) is 3.84. The second kappa shape index (κ2) is 5.14. The van der Waals surface area contributed by atoms with Gasteiger partial charge in [0.25, 0.3) is 0 Å². The maximum Gasteiger partial charge on any atom is 0.356 e. The second-order valence-electron chi connectivity index (χ2n) is 5.69. The SMILES string of the molecule is CC(=O)c1sc(N2CCN(C)C(C)(C)C2)nc1C(=O)O. The van der Waals surface area contributed by atoms with E-state index in [0.717, 1.165) is 19.6 Å². The molecule has 0 aliphatic carbocycles. The lowest BCUT2D eigenvalue weighted by atomic mass is 10.0. The fourth-order valence-corrected chi connectivity index (χ4v) is 3.21. The van der Waals surface area contributed by atoms with Crippen molar-refractivity contribution in [2.45, 2.75) is 26.3 Å². The number of rotatable bonds is 3. The number of hydrogen-bond acceptors (Lipinski definition) is 6. The topological polar surface area (TPSA) is 73.7 Å². The molecular weight excluding hydrogens is 278 g/mol. The summed E-state index contributed by atoms with van der Waals surface area (Å²) in [6, 6.07) is 0. The number of hydrogen-bond donors (Lipinski definition) is 1. The van der Waals surface area contributed by atoms with Crippen molar-refractivity contribution in [2.75, 3.05) is 31.6 Å². The second-order valence-corrected chi connectivity index (χ2v) is 6.67. The van der Waals surface area contributed by atoms with Crippen molar-refractivity contribution in [3.63, 3.8) is 0 Å². The van der Waals surface area contributed by atoms with Gasteiger partial charge in [-0.05, 0) is 20.9 Å². The molecule has 0 bridgehead atoms. The van der Waals surface area contributed by atoms with Crippen molar-refractivity contribution in [1.29, 1.82) is 0 Å². The Morgan fingerprint density at radius 3 is 2.45 bits per heavy atom. The lowest BCUT2D eigenvalue weighted by Crippen LogP contribution is -2.57. The number of carbonyl (C=O) groups is 2. The van der Waals surface area contributed by atoms with Crippen molar-refractivity contribution in [2.24, 2.45) is 0 Å². The standard InChI is InChI=1S/C13H19N3O3S/c1-8(17)10-9(11(18)19)14-12(20-10)16-6-5-15(4)13(2,3)7-16/h5-7H2,1-4H3,(H,18,19). The summed E-state index contributed by atoms with van der Waals surface area (Å²) < 4.78 is 0. The van der Waals surface area contributed by atoms with E-state index >= 15 is 0 Å². The van der Waals surface area contributed by atoms with Crippen LogP contribution in [0, 0.1) is 0 Å². The van der Waals surface area contributed by atoms with E-state index in [4.69, 9.17) is 5.11 Å². The van der Waals surface area contributed by atoms with Crippen LogP contribution in [0.25, 0.3) is 0 Å².